The van der Waals surface area contributed by atoms with E-state index in [1.165, 1.54) is 6.42 Å². The highest BCUT2D eigenvalue weighted by atomic mass is 16.5. The molecular weight excluding hydrogens is 392 g/mol. The Morgan fingerprint density at radius 2 is 1.77 bits per heavy atom. The van der Waals surface area contributed by atoms with Crippen LogP contribution in [0.4, 0.5) is 0 Å². The van der Waals surface area contributed by atoms with Crippen LogP contribution >= 0.6 is 0 Å². The van der Waals surface area contributed by atoms with E-state index in [1.807, 2.05) is 28.0 Å². The second kappa shape index (κ2) is 9.12. The van der Waals surface area contributed by atoms with Crippen LogP contribution < -0.4 is 4.74 Å². The number of H-pyrrole nitrogens is 1. The number of nitrogens with zero attached hydrogens (tertiary/aromatic N) is 3. The molecule has 31 heavy (non-hydrogen) atoms. The average Bonchev–Trinajstić information content (AvgIpc) is 3.28. The van der Waals surface area contributed by atoms with Crippen molar-refractivity contribution >= 4 is 11.8 Å². The SMILES string of the molecule is COc1cccc(C(=O)N2CCC(c3[nH]ncc3C(=O)N3[C@@H](C)CCC[C@@H]3C)CC2)c1. The van der Waals surface area contributed by atoms with E-state index in [-0.39, 0.29) is 29.8 Å². The van der Waals surface area contributed by atoms with Crippen LogP contribution in [-0.2, 0) is 0 Å². The van der Waals surface area contributed by atoms with E-state index in [4.69, 9.17) is 4.74 Å². The van der Waals surface area contributed by atoms with Gasteiger partial charge in [-0.25, -0.2) is 0 Å². The molecule has 1 aromatic carbocycles. The summed E-state index contributed by atoms with van der Waals surface area (Å²) in [6, 6.07) is 7.78. The third-order valence-corrected chi connectivity index (χ3v) is 6.83. The molecule has 0 spiro atoms. The first-order chi connectivity index (χ1) is 15.0. The highest BCUT2D eigenvalue weighted by Gasteiger charge is 2.34. The normalized spacial score (nSPS) is 22.4. The van der Waals surface area contributed by atoms with Crippen molar-refractivity contribution in [2.24, 2.45) is 0 Å². The summed E-state index contributed by atoms with van der Waals surface area (Å²) < 4.78 is 5.24. The van der Waals surface area contributed by atoms with Gasteiger partial charge in [0.15, 0.2) is 0 Å². The van der Waals surface area contributed by atoms with Crippen molar-refractivity contribution in [3.8, 4) is 5.75 Å². The molecule has 2 aliphatic rings. The molecule has 2 amide bonds. The zero-order chi connectivity index (χ0) is 22.0. The minimum absolute atomic E-state index is 0.0224. The average molecular weight is 425 g/mol. The minimum atomic E-state index is 0.0224. The molecule has 1 aromatic heterocycles. The van der Waals surface area contributed by atoms with Crippen molar-refractivity contribution in [1.82, 2.24) is 20.0 Å². The lowest BCUT2D eigenvalue weighted by Crippen LogP contribution is -2.47. The zero-order valence-corrected chi connectivity index (χ0v) is 18.6. The zero-order valence-electron chi connectivity index (χ0n) is 18.6. The van der Waals surface area contributed by atoms with Crippen molar-refractivity contribution in [3.05, 3.63) is 47.3 Å². The van der Waals surface area contributed by atoms with Gasteiger partial charge in [-0.1, -0.05) is 6.07 Å². The molecule has 1 N–H and O–H groups in total. The number of methoxy groups -OCH3 is 1. The highest BCUT2D eigenvalue weighted by Crippen LogP contribution is 2.32. The lowest BCUT2D eigenvalue weighted by molar-refractivity contribution is 0.0507. The fraction of sp³-hybridized carbons (Fsp3) is 0.542. The maximum atomic E-state index is 13.4. The Balaban J connectivity index is 1.43. The van der Waals surface area contributed by atoms with Gasteiger partial charge in [-0.05, 0) is 64.2 Å². The van der Waals surface area contributed by atoms with E-state index in [2.05, 4.69) is 24.0 Å². The number of rotatable bonds is 4. The molecule has 2 aromatic rings. The van der Waals surface area contributed by atoms with Gasteiger partial charge in [0.1, 0.15) is 5.75 Å². The third-order valence-electron chi connectivity index (χ3n) is 6.83. The first kappa shape index (κ1) is 21.4. The maximum Gasteiger partial charge on any atom is 0.257 e. The summed E-state index contributed by atoms with van der Waals surface area (Å²) in [5.41, 5.74) is 2.25. The summed E-state index contributed by atoms with van der Waals surface area (Å²) in [6.07, 6.45) is 6.57. The summed E-state index contributed by atoms with van der Waals surface area (Å²) >= 11 is 0. The number of likely N-dealkylation sites (tertiary alicyclic amines) is 2. The largest absolute Gasteiger partial charge is 0.497 e. The van der Waals surface area contributed by atoms with E-state index in [0.29, 0.717) is 30.0 Å². The lowest BCUT2D eigenvalue weighted by atomic mass is 9.90. The number of aromatic nitrogens is 2. The number of carbonyl (C=O) groups is 2. The van der Waals surface area contributed by atoms with Crippen LogP contribution in [0.25, 0.3) is 0 Å². The number of aromatic amines is 1. The molecule has 2 aliphatic heterocycles. The molecule has 2 atom stereocenters. The topological polar surface area (TPSA) is 78.5 Å². The number of ether oxygens (including phenoxy) is 1. The number of amides is 2. The van der Waals surface area contributed by atoms with Crippen molar-refractivity contribution in [2.45, 2.75) is 64.0 Å². The van der Waals surface area contributed by atoms with Crippen LogP contribution in [0.1, 0.15) is 78.3 Å². The molecule has 0 aliphatic carbocycles. The van der Waals surface area contributed by atoms with E-state index < -0.39 is 0 Å². The molecule has 7 heteroatoms. The number of carbonyl (C=O) groups excluding carboxylic acids is 2. The predicted molar refractivity (Wildman–Crippen MR) is 118 cm³/mol. The fourth-order valence-corrected chi connectivity index (χ4v) is 5.05. The summed E-state index contributed by atoms with van der Waals surface area (Å²) in [5.74, 6) is 0.987. The minimum Gasteiger partial charge on any atom is -0.497 e. The number of piperidine rings is 2. The molecule has 4 rings (SSSR count). The Hall–Kier alpha value is -2.83. The van der Waals surface area contributed by atoms with E-state index in [1.54, 1.807) is 19.4 Å². The summed E-state index contributed by atoms with van der Waals surface area (Å²) in [6.45, 7) is 5.58. The molecule has 3 heterocycles. The Kier molecular flexibility index (Phi) is 6.30. The Morgan fingerprint density at radius 1 is 1.06 bits per heavy atom. The van der Waals surface area contributed by atoms with Gasteiger partial charge in [0.25, 0.3) is 11.8 Å². The molecule has 0 unspecified atom stereocenters. The van der Waals surface area contributed by atoms with Crippen LogP contribution in [0.5, 0.6) is 5.75 Å². The van der Waals surface area contributed by atoms with Crippen LogP contribution in [0.15, 0.2) is 30.5 Å². The van der Waals surface area contributed by atoms with Crippen molar-refractivity contribution in [1.29, 1.82) is 0 Å². The molecule has 2 saturated heterocycles. The number of hydrogen-bond donors (Lipinski definition) is 1. The van der Waals surface area contributed by atoms with Crippen LogP contribution in [0.3, 0.4) is 0 Å². The monoisotopic (exact) mass is 424 g/mol. The molecule has 2 fully saturated rings. The van der Waals surface area contributed by atoms with Gasteiger partial charge in [0, 0.05) is 36.7 Å². The summed E-state index contributed by atoms with van der Waals surface area (Å²) in [4.78, 5) is 30.2. The van der Waals surface area contributed by atoms with Gasteiger partial charge in [0.2, 0.25) is 0 Å². The summed E-state index contributed by atoms with van der Waals surface area (Å²) in [5, 5.41) is 7.32. The van der Waals surface area contributed by atoms with Crippen LogP contribution in [0.2, 0.25) is 0 Å². The third kappa shape index (κ3) is 4.31. The highest BCUT2D eigenvalue weighted by molar-refractivity contribution is 5.96. The smallest absolute Gasteiger partial charge is 0.257 e. The van der Waals surface area contributed by atoms with E-state index in [0.717, 1.165) is 31.4 Å². The number of nitrogens with one attached hydrogen (secondary N) is 1. The van der Waals surface area contributed by atoms with Gasteiger partial charge in [-0.2, -0.15) is 5.10 Å². The molecule has 0 radical (unpaired) electrons. The van der Waals surface area contributed by atoms with Crippen LogP contribution in [-0.4, -0.2) is 64.1 Å². The van der Waals surface area contributed by atoms with Crippen molar-refractivity contribution < 1.29 is 14.3 Å². The van der Waals surface area contributed by atoms with E-state index in [9.17, 15) is 9.59 Å². The summed E-state index contributed by atoms with van der Waals surface area (Å²) in [7, 11) is 1.60. The maximum absolute atomic E-state index is 13.4. The van der Waals surface area contributed by atoms with Crippen molar-refractivity contribution in [2.75, 3.05) is 20.2 Å². The molecular formula is C24H32N4O3. The van der Waals surface area contributed by atoms with Gasteiger partial charge >= 0.3 is 0 Å². The lowest BCUT2D eigenvalue weighted by Gasteiger charge is -2.39. The van der Waals surface area contributed by atoms with Gasteiger partial charge in [0.05, 0.1) is 24.6 Å². The second-order valence-electron chi connectivity index (χ2n) is 8.84. The Bertz CT molecular complexity index is 922. The van der Waals surface area contributed by atoms with E-state index >= 15 is 0 Å². The fourth-order valence-electron chi connectivity index (χ4n) is 5.05. The number of hydrogen-bond acceptors (Lipinski definition) is 4. The first-order valence-corrected chi connectivity index (χ1v) is 11.3. The van der Waals surface area contributed by atoms with Crippen molar-refractivity contribution in [3.63, 3.8) is 0 Å². The Morgan fingerprint density at radius 3 is 2.45 bits per heavy atom. The first-order valence-electron chi connectivity index (χ1n) is 11.3. The van der Waals surface area contributed by atoms with Gasteiger partial charge in [-0.3, -0.25) is 14.7 Å². The molecule has 166 valence electrons. The molecule has 0 saturated carbocycles. The standard InChI is InChI=1S/C24H32N4O3/c1-16-6-4-7-17(2)28(16)24(30)21-15-25-26-22(21)18-10-12-27(13-11-18)23(29)19-8-5-9-20(14-19)31-3/h5,8-9,14-18H,4,6-7,10-13H2,1-3H3,(H,25,26)/t16-,17-/m0/s1. The van der Waals surface area contributed by atoms with Crippen LogP contribution in [0, 0.1) is 0 Å². The second-order valence-corrected chi connectivity index (χ2v) is 8.84. The van der Waals surface area contributed by atoms with Gasteiger partial charge in [-0.15, -0.1) is 0 Å². The number of benzene rings is 1. The predicted octanol–water partition coefficient (Wildman–Crippen LogP) is 3.84. The Labute approximate surface area is 183 Å². The molecule has 7 nitrogen and oxygen atoms in total. The quantitative estimate of drug-likeness (QED) is 0.809. The van der Waals surface area contributed by atoms with Gasteiger partial charge < -0.3 is 14.5 Å². The molecule has 0 bridgehead atoms.